The third kappa shape index (κ3) is 7.12. The van der Waals surface area contributed by atoms with Gasteiger partial charge in [-0.25, -0.2) is 0 Å². The molecule has 1 aliphatic heterocycles. The summed E-state index contributed by atoms with van der Waals surface area (Å²) in [5.41, 5.74) is 7.77. The molecule has 1 amide bonds. The Bertz CT molecular complexity index is 535. The number of nitrogens with two attached hydrogens (primary N) is 1. The number of benzene rings is 1. The quantitative estimate of drug-likeness (QED) is 0.781. The molecule has 0 aromatic heterocycles. The van der Waals surface area contributed by atoms with Gasteiger partial charge in [0.05, 0.1) is 5.54 Å². The van der Waals surface area contributed by atoms with Crippen molar-refractivity contribution in [3.8, 4) is 0 Å². The fourth-order valence-electron chi connectivity index (χ4n) is 2.63. The van der Waals surface area contributed by atoms with Crippen LogP contribution >= 0.6 is 24.8 Å². The van der Waals surface area contributed by atoms with Crippen LogP contribution in [0.5, 0.6) is 0 Å². The van der Waals surface area contributed by atoms with E-state index in [1.54, 1.807) is 0 Å². The molecule has 25 heavy (non-hydrogen) atoms. The summed E-state index contributed by atoms with van der Waals surface area (Å²) in [5, 5.41) is 2.98. The Labute approximate surface area is 163 Å². The first kappa shape index (κ1) is 24.1. The van der Waals surface area contributed by atoms with E-state index in [2.05, 4.69) is 43.2 Å². The number of ether oxygens (including phenoxy) is 1. The SMILES string of the molecule is CC(C)N(C)Cc1cccc(CNC(=O)C2(N)CCOCC2)c1.Cl.Cl. The third-order valence-corrected chi connectivity index (χ3v) is 4.60. The Balaban J connectivity index is 0.00000288. The number of carbonyl (C=O) groups is 1. The van der Waals surface area contributed by atoms with Gasteiger partial charge < -0.3 is 15.8 Å². The molecule has 5 nitrogen and oxygen atoms in total. The van der Waals surface area contributed by atoms with E-state index in [1.807, 2.05) is 12.1 Å². The summed E-state index contributed by atoms with van der Waals surface area (Å²) >= 11 is 0. The summed E-state index contributed by atoms with van der Waals surface area (Å²) < 4.78 is 5.29. The summed E-state index contributed by atoms with van der Waals surface area (Å²) in [4.78, 5) is 14.6. The van der Waals surface area contributed by atoms with E-state index in [0.29, 0.717) is 38.6 Å². The number of halogens is 2. The van der Waals surface area contributed by atoms with Crippen LogP contribution in [-0.4, -0.2) is 42.6 Å². The van der Waals surface area contributed by atoms with Gasteiger partial charge in [-0.1, -0.05) is 24.3 Å². The second-order valence-corrected chi connectivity index (χ2v) is 6.78. The van der Waals surface area contributed by atoms with Crippen molar-refractivity contribution >= 4 is 30.7 Å². The van der Waals surface area contributed by atoms with E-state index < -0.39 is 5.54 Å². The van der Waals surface area contributed by atoms with Gasteiger partial charge in [0.25, 0.3) is 0 Å². The zero-order chi connectivity index (χ0) is 16.9. The van der Waals surface area contributed by atoms with Crippen LogP contribution < -0.4 is 11.1 Å². The molecule has 0 saturated carbocycles. The van der Waals surface area contributed by atoms with Gasteiger partial charge in [0.2, 0.25) is 5.91 Å². The van der Waals surface area contributed by atoms with E-state index in [1.165, 1.54) is 5.56 Å². The van der Waals surface area contributed by atoms with Crippen molar-refractivity contribution in [1.82, 2.24) is 10.2 Å². The molecular formula is C18H31Cl2N3O2. The van der Waals surface area contributed by atoms with Gasteiger partial charge in [0.15, 0.2) is 0 Å². The predicted octanol–water partition coefficient (Wildman–Crippen LogP) is 2.49. The topological polar surface area (TPSA) is 67.6 Å². The highest BCUT2D eigenvalue weighted by Crippen LogP contribution is 2.18. The minimum absolute atomic E-state index is 0. The molecule has 1 fully saturated rings. The number of carbonyl (C=O) groups excluding carboxylic acids is 1. The Morgan fingerprint density at radius 2 is 1.88 bits per heavy atom. The molecule has 1 aromatic rings. The van der Waals surface area contributed by atoms with Crippen molar-refractivity contribution in [1.29, 1.82) is 0 Å². The van der Waals surface area contributed by atoms with Crippen LogP contribution in [-0.2, 0) is 22.6 Å². The Morgan fingerprint density at radius 3 is 2.48 bits per heavy atom. The normalized spacial score (nSPS) is 16.1. The summed E-state index contributed by atoms with van der Waals surface area (Å²) in [6.07, 6.45) is 1.16. The van der Waals surface area contributed by atoms with E-state index >= 15 is 0 Å². The highest BCUT2D eigenvalue weighted by atomic mass is 35.5. The molecule has 0 atom stereocenters. The number of nitrogens with one attached hydrogen (secondary N) is 1. The second kappa shape index (κ2) is 11.0. The first-order chi connectivity index (χ1) is 10.9. The molecule has 2 rings (SSSR count). The lowest BCUT2D eigenvalue weighted by atomic mass is 9.90. The van der Waals surface area contributed by atoms with E-state index in [9.17, 15) is 4.79 Å². The molecule has 144 valence electrons. The van der Waals surface area contributed by atoms with Crippen molar-refractivity contribution in [3.63, 3.8) is 0 Å². The fourth-order valence-corrected chi connectivity index (χ4v) is 2.63. The van der Waals surface area contributed by atoms with Gasteiger partial charge in [-0.05, 0) is 44.9 Å². The Morgan fingerprint density at radius 1 is 1.28 bits per heavy atom. The smallest absolute Gasteiger partial charge is 0.240 e. The van der Waals surface area contributed by atoms with Crippen LogP contribution in [0.2, 0.25) is 0 Å². The molecule has 1 heterocycles. The average Bonchev–Trinajstić information content (AvgIpc) is 2.53. The number of nitrogens with zero attached hydrogens (tertiary/aromatic N) is 1. The van der Waals surface area contributed by atoms with Gasteiger partial charge in [0, 0.05) is 32.3 Å². The number of amides is 1. The summed E-state index contributed by atoms with van der Waals surface area (Å²) in [5.74, 6) is -0.0782. The second-order valence-electron chi connectivity index (χ2n) is 6.78. The maximum Gasteiger partial charge on any atom is 0.240 e. The lowest BCUT2D eigenvalue weighted by molar-refractivity contribution is -0.129. The van der Waals surface area contributed by atoms with Gasteiger partial charge >= 0.3 is 0 Å². The van der Waals surface area contributed by atoms with Crippen LogP contribution in [0, 0.1) is 0 Å². The van der Waals surface area contributed by atoms with Crippen LogP contribution in [0.4, 0.5) is 0 Å². The summed E-state index contributed by atoms with van der Waals surface area (Å²) in [6.45, 7) is 6.88. The minimum atomic E-state index is -0.784. The largest absolute Gasteiger partial charge is 0.381 e. The highest BCUT2D eigenvalue weighted by Gasteiger charge is 2.35. The van der Waals surface area contributed by atoms with E-state index in [-0.39, 0.29) is 30.7 Å². The molecule has 0 radical (unpaired) electrons. The highest BCUT2D eigenvalue weighted by molar-refractivity contribution is 5.86. The zero-order valence-electron chi connectivity index (χ0n) is 15.3. The fraction of sp³-hybridized carbons (Fsp3) is 0.611. The first-order valence-electron chi connectivity index (χ1n) is 8.34. The maximum atomic E-state index is 12.3. The molecular weight excluding hydrogens is 361 g/mol. The Kier molecular flexibility index (Phi) is 10.6. The minimum Gasteiger partial charge on any atom is -0.381 e. The molecule has 1 aromatic carbocycles. The third-order valence-electron chi connectivity index (χ3n) is 4.60. The monoisotopic (exact) mass is 391 g/mol. The maximum absolute atomic E-state index is 12.3. The molecule has 1 saturated heterocycles. The van der Waals surface area contributed by atoms with Crippen LogP contribution in [0.1, 0.15) is 37.8 Å². The molecule has 1 aliphatic rings. The van der Waals surface area contributed by atoms with Crippen molar-refractivity contribution < 1.29 is 9.53 Å². The number of hydrogen-bond donors (Lipinski definition) is 2. The predicted molar refractivity (Wildman–Crippen MR) is 106 cm³/mol. The van der Waals surface area contributed by atoms with E-state index in [4.69, 9.17) is 10.5 Å². The first-order valence-corrected chi connectivity index (χ1v) is 8.34. The van der Waals surface area contributed by atoms with Gasteiger partial charge in [-0.3, -0.25) is 9.69 Å². The molecule has 0 aliphatic carbocycles. The van der Waals surface area contributed by atoms with Gasteiger partial charge in [-0.15, -0.1) is 24.8 Å². The van der Waals surface area contributed by atoms with E-state index in [0.717, 1.165) is 12.1 Å². The summed E-state index contributed by atoms with van der Waals surface area (Å²) in [7, 11) is 2.11. The van der Waals surface area contributed by atoms with Crippen molar-refractivity contribution in [2.75, 3.05) is 20.3 Å². The lowest BCUT2D eigenvalue weighted by Crippen LogP contribution is -2.56. The standard InChI is InChI=1S/C18H29N3O2.2ClH/c1-14(2)21(3)13-16-6-4-5-15(11-16)12-20-17(22)18(19)7-9-23-10-8-18;;/h4-6,11,14H,7-10,12-13,19H2,1-3H3,(H,20,22);2*1H. The number of hydrogen-bond acceptors (Lipinski definition) is 4. The van der Waals surface area contributed by atoms with Gasteiger partial charge in [0.1, 0.15) is 0 Å². The number of rotatable bonds is 6. The molecule has 0 unspecified atom stereocenters. The molecule has 0 spiro atoms. The lowest BCUT2D eigenvalue weighted by Gasteiger charge is -2.31. The van der Waals surface area contributed by atoms with Gasteiger partial charge in [-0.2, -0.15) is 0 Å². The van der Waals surface area contributed by atoms with Crippen LogP contribution in [0.25, 0.3) is 0 Å². The average molecular weight is 392 g/mol. The van der Waals surface area contributed by atoms with Crippen molar-refractivity contribution in [2.24, 2.45) is 5.73 Å². The van der Waals surface area contributed by atoms with Crippen molar-refractivity contribution in [3.05, 3.63) is 35.4 Å². The molecule has 7 heteroatoms. The van der Waals surface area contributed by atoms with Crippen LogP contribution in [0.3, 0.4) is 0 Å². The van der Waals surface area contributed by atoms with Crippen LogP contribution in [0.15, 0.2) is 24.3 Å². The van der Waals surface area contributed by atoms with Crippen molar-refractivity contribution in [2.45, 2.75) is 51.4 Å². The molecule has 0 bridgehead atoms. The Hall–Kier alpha value is -0.850. The zero-order valence-corrected chi connectivity index (χ0v) is 16.9. The molecule has 3 N–H and O–H groups in total. The summed E-state index contributed by atoms with van der Waals surface area (Å²) in [6, 6.07) is 8.84.